The molecule has 1 aromatic carbocycles. The van der Waals surface area contributed by atoms with E-state index in [2.05, 4.69) is 19.1 Å². The average Bonchev–Trinajstić information content (AvgIpc) is 2.41. The van der Waals surface area contributed by atoms with Gasteiger partial charge in [-0.3, -0.25) is 4.79 Å². The van der Waals surface area contributed by atoms with Gasteiger partial charge >= 0.3 is 0 Å². The maximum Gasteiger partial charge on any atom is 0.166 e. The van der Waals surface area contributed by atoms with Gasteiger partial charge in [-0.1, -0.05) is 44.0 Å². The third kappa shape index (κ3) is 2.11. The number of aryl methyl sites for hydroxylation is 1. The zero-order valence-corrected chi connectivity index (χ0v) is 11.2. The number of benzene rings is 1. The second-order valence-electron chi connectivity index (χ2n) is 6.19. The molecule has 1 heteroatoms. The molecule has 0 bridgehead atoms. The topological polar surface area (TPSA) is 17.1 Å². The van der Waals surface area contributed by atoms with E-state index in [-0.39, 0.29) is 0 Å². The lowest BCUT2D eigenvalue weighted by Gasteiger charge is -2.34. The summed E-state index contributed by atoms with van der Waals surface area (Å²) in [5.41, 5.74) is 2.27. The molecule has 0 spiro atoms. The zero-order valence-electron chi connectivity index (χ0n) is 11.2. The van der Waals surface area contributed by atoms with Crippen molar-refractivity contribution in [2.45, 2.75) is 45.4 Å². The van der Waals surface area contributed by atoms with Gasteiger partial charge in [0.05, 0.1) is 0 Å². The molecule has 0 amide bonds. The van der Waals surface area contributed by atoms with Crippen LogP contribution in [-0.2, 0) is 6.42 Å². The van der Waals surface area contributed by atoms with Crippen molar-refractivity contribution in [3.05, 3.63) is 35.4 Å². The fourth-order valence-electron chi connectivity index (χ4n) is 3.76. The van der Waals surface area contributed by atoms with Crippen LogP contribution in [0, 0.1) is 17.8 Å². The summed E-state index contributed by atoms with van der Waals surface area (Å²) in [6.07, 6.45) is 7.33. The molecule has 0 aromatic heterocycles. The molecule has 1 nitrogen and oxygen atoms in total. The van der Waals surface area contributed by atoms with Crippen molar-refractivity contribution < 1.29 is 4.79 Å². The summed E-state index contributed by atoms with van der Waals surface area (Å²) >= 11 is 0. The molecule has 2 aliphatic carbocycles. The van der Waals surface area contributed by atoms with Crippen LogP contribution in [0.15, 0.2) is 24.3 Å². The highest BCUT2D eigenvalue weighted by molar-refractivity contribution is 6.00. The lowest BCUT2D eigenvalue weighted by atomic mass is 9.69. The van der Waals surface area contributed by atoms with E-state index in [4.69, 9.17) is 0 Å². The Labute approximate surface area is 110 Å². The molecular weight excluding hydrogens is 220 g/mol. The van der Waals surface area contributed by atoms with E-state index >= 15 is 0 Å². The van der Waals surface area contributed by atoms with Gasteiger partial charge in [0, 0.05) is 11.5 Å². The summed E-state index contributed by atoms with van der Waals surface area (Å²) in [7, 11) is 0. The first-order valence-electron chi connectivity index (χ1n) is 7.38. The quantitative estimate of drug-likeness (QED) is 0.719. The first-order chi connectivity index (χ1) is 8.75. The number of carbonyl (C=O) groups excluding carboxylic acids is 1. The van der Waals surface area contributed by atoms with E-state index in [1.54, 1.807) is 0 Å². The Morgan fingerprint density at radius 1 is 1.00 bits per heavy atom. The highest BCUT2D eigenvalue weighted by Crippen LogP contribution is 2.39. The second-order valence-corrected chi connectivity index (χ2v) is 6.19. The van der Waals surface area contributed by atoms with Gasteiger partial charge in [-0.2, -0.15) is 0 Å². The molecule has 1 atom stereocenters. The van der Waals surface area contributed by atoms with E-state index < -0.39 is 0 Å². The van der Waals surface area contributed by atoms with Crippen LogP contribution in [0.3, 0.4) is 0 Å². The van der Waals surface area contributed by atoms with Gasteiger partial charge in [0.1, 0.15) is 0 Å². The number of carbonyl (C=O) groups is 1. The molecule has 0 heterocycles. The van der Waals surface area contributed by atoms with Crippen molar-refractivity contribution in [2.24, 2.45) is 17.8 Å². The van der Waals surface area contributed by atoms with Crippen molar-refractivity contribution in [3.63, 3.8) is 0 Å². The number of ketones is 1. The molecule has 1 saturated carbocycles. The Morgan fingerprint density at radius 3 is 2.50 bits per heavy atom. The lowest BCUT2D eigenvalue weighted by Crippen LogP contribution is -2.31. The minimum absolute atomic E-state index is 0.312. The predicted molar refractivity (Wildman–Crippen MR) is 73.7 cm³/mol. The fraction of sp³-hybridized carbons (Fsp3) is 0.588. The minimum Gasteiger partial charge on any atom is -0.294 e. The molecule has 0 N–H and O–H groups in total. The third-order valence-electron chi connectivity index (χ3n) is 4.97. The zero-order chi connectivity index (χ0) is 12.5. The van der Waals surface area contributed by atoms with Crippen LogP contribution in [0.4, 0.5) is 0 Å². The van der Waals surface area contributed by atoms with Crippen molar-refractivity contribution in [1.82, 2.24) is 0 Å². The maximum atomic E-state index is 12.6. The normalized spacial score (nSPS) is 32.1. The van der Waals surface area contributed by atoms with Gasteiger partial charge in [0.15, 0.2) is 5.78 Å². The van der Waals surface area contributed by atoms with E-state index in [0.717, 1.165) is 24.3 Å². The highest BCUT2D eigenvalue weighted by atomic mass is 16.1. The van der Waals surface area contributed by atoms with Crippen molar-refractivity contribution in [2.75, 3.05) is 0 Å². The Bertz CT molecular complexity index is 441. The Hall–Kier alpha value is -1.11. The molecule has 0 radical (unpaired) electrons. The summed E-state index contributed by atoms with van der Waals surface area (Å²) in [6, 6.07) is 8.19. The van der Waals surface area contributed by atoms with Crippen molar-refractivity contribution in [3.8, 4) is 0 Å². The number of rotatable bonds is 1. The molecule has 0 saturated heterocycles. The Morgan fingerprint density at radius 2 is 1.72 bits per heavy atom. The van der Waals surface area contributed by atoms with Gasteiger partial charge < -0.3 is 0 Å². The lowest BCUT2D eigenvalue weighted by molar-refractivity contribution is 0.0805. The van der Waals surface area contributed by atoms with E-state index in [1.807, 2.05) is 12.1 Å². The van der Waals surface area contributed by atoms with Crippen molar-refractivity contribution in [1.29, 1.82) is 0 Å². The summed E-state index contributed by atoms with van der Waals surface area (Å²) in [4.78, 5) is 12.6. The summed E-state index contributed by atoms with van der Waals surface area (Å²) < 4.78 is 0. The van der Waals surface area contributed by atoms with Crippen LogP contribution in [0.5, 0.6) is 0 Å². The highest BCUT2D eigenvalue weighted by Gasteiger charge is 2.34. The van der Waals surface area contributed by atoms with Crippen LogP contribution < -0.4 is 0 Å². The van der Waals surface area contributed by atoms with Crippen molar-refractivity contribution >= 4 is 5.78 Å². The smallest absolute Gasteiger partial charge is 0.166 e. The Kier molecular flexibility index (Phi) is 3.23. The number of Topliss-reactive ketones (excluding diaryl/α,β-unsaturated/α-hetero) is 1. The molecule has 96 valence electrons. The third-order valence-corrected chi connectivity index (χ3v) is 4.97. The van der Waals surface area contributed by atoms with Gasteiger partial charge in [-0.25, -0.2) is 0 Å². The van der Waals surface area contributed by atoms with Crippen LogP contribution in [-0.4, -0.2) is 5.78 Å². The van der Waals surface area contributed by atoms with Crippen LogP contribution in [0.25, 0.3) is 0 Å². The first kappa shape index (κ1) is 12.0. The van der Waals surface area contributed by atoms with Gasteiger partial charge in [0.25, 0.3) is 0 Å². The molecule has 18 heavy (non-hydrogen) atoms. The molecule has 3 rings (SSSR count). The first-order valence-corrected chi connectivity index (χ1v) is 7.38. The maximum absolute atomic E-state index is 12.6. The summed E-state index contributed by atoms with van der Waals surface area (Å²) in [6.45, 7) is 2.34. The molecule has 1 fully saturated rings. The minimum atomic E-state index is 0.312. The fourth-order valence-corrected chi connectivity index (χ4v) is 3.76. The monoisotopic (exact) mass is 242 g/mol. The summed E-state index contributed by atoms with van der Waals surface area (Å²) in [5.74, 6) is 2.26. The second kappa shape index (κ2) is 4.87. The van der Waals surface area contributed by atoms with E-state index in [0.29, 0.717) is 17.6 Å². The van der Waals surface area contributed by atoms with Gasteiger partial charge in [0.2, 0.25) is 0 Å². The van der Waals surface area contributed by atoms with Gasteiger partial charge in [-0.05, 0) is 43.1 Å². The van der Waals surface area contributed by atoms with Crippen LogP contribution in [0.1, 0.15) is 54.9 Å². The average molecular weight is 242 g/mol. The van der Waals surface area contributed by atoms with E-state index in [1.165, 1.54) is 31.2 Å². The number of fused-ring (bicyclic) bond motifs is 1. The SMILES string of the molecule is CC1CCC(C2CCc3ccccc3C2=O)CC1. The molecule has 1 aromatic rings. The van der Waals surface area contributed by atoms with Crippen LogP contribution >= 0.6 is 0 Å². The number of hydrogen-bond donors (Lipinski definition) is 0. The predicted octanol–water partition coefficient (Wildman–Crippen LogP) is 4.26. The summed E-state index contributed by atoms with van der Waals surface area (Å²) in [5, 5.41) is 0. The molecule has 0 aliphatic heterocycles. The number of hydrogen-bond acceptors (Lipinski definition) is 1. The van der Waals surface area contributed by atoms with Crippen LogP contribution in [0.2, 0.25) is 0 Å². The molecule has 2 aliphatic rings. The molecular formula is C17H22O. The standard InChI is InChI=1S/C17H22O/c1-12-6-8-14(9-7-12)16-11-10-13-4-2-3-5-15(13)17(16)18/h2-5,12,14,16H,6-11H2,1H3. The molecule has 1 unspecified atom stereocenters. The largest absolute Gasteiger partial charge is 0.294 e. The van der Waals surface area contributed by atoms with Gasteiger partial charge in [-0.15, -0.1) is 0 Å². The Balaban J connectivity index is 1.78. The van der Waals surface area contributed by atoms with E-state index in [9.17, 15) is 4.79 Å².